The fourth-order valence-electron chi connectivity index (χ4n) is 3.54. The Labute approximate surface area is 141 Å². The van der Waals surface area contributed by atoms with E-state index in [9.17, 15) is 23.1 Å². The van der Waals surface area contributed by atoms with Crippen LogP contribution in [0.25, 0.3) is 0 Å². The molecular weight excluding hydrogens is 343 g/mol. The third kappa shape index (κ3) is 3.66. The van der Waals surface area contributed by atoms with Gasteiger partial charge in [0.05, 0.1) is 12.1 Å². The number of piperidine rings is 1. The van der Waals surface area contributed by atoms with Crippen LogP contribution in [0.4, 0.5) is 18.0 Å². The van der Waals surface area contributed by atoms with E-state index in [1.165, 1.54) is 0 Å². The maximum absolute atomic E-state index is 12.5. The molecule has 134 valence electrons. The Hall–Kier alpha value is -1.35. The van der Waals surface area contributed by atoms with Gasteiger partial charge in [0.1, 0.15) is 5.01 Å². The van der Waals surface area contributed by atoms with E-state index in [4.69, 9.17) is 0 Å². The van der Waals surface area contributed by atoms with Crippen molar-refractivity contribution in [2.75, 3.05) is 13.1 Å². The van der Waals surface area contributed by atoms with Crippen LogP contribution in [0, 0.1) is 5.92 Å². The van der Waals surface area contributed by atoms with E-state index in [1.807, 2.05) is 0 Å². The van der Waals surface area contributed by atoms with Gasteiger partial charge in [0.2, 0.25) is 0 Å². The van der Waals surface area contributed by atoms with Gasteiger partial charge in [-0.1, -0.05) is 12.8 Å². The van der Waals surface area contributed by atoms with E-state index in [1.54, 1.807) is 4.90 Å². The van der Waals surface area contributed by atoms with Crippen LogP contribution in [-0.2, 0) is 12.7 Å². The molecular formula is C15H20F3N3O2S. The molecule has 24 heavy (non-hydrogen) atoms. The summed E-state index contributed by atoms with van der Waals surface area (Å²) in [6.45, 7) is 0.934. The number of likely N-dealkylation sites (tertiary alicyclic amines) is 1. The number of carbonyl (C=O) groups excluding carboxylic acids is 1. The molecule has 2 N–H and O–H groups in total. The smallest absolute Gasteiger partial charge is 0.389 e. The lowest BCUT2D eigenvalue weighted by atomic mass is 9.71. The molecule has 0 spiro atoms. The van der Waals surface area contributed by atoms with Gasteiger partial charge in [-0.3, -0.25) is 0 Å². The van der Waals surface area contributed by atoms with Crippen molar-refractivity contribution in [2.45, 2.75) is 50.4 Å². The Kier molecular flexibility index (Phi) is 4.74. The van der Waals surface area contributed by atoms with Gasteiger partial charge in [-0.05, 0) is 19.3 Å². The summed E-state index contributed by atoms with van der Waals surface area (Å²) in [6.07, 6.45) is -0.141. The van der Waals surface area contributed by atoms with Crippen LogP contribution in [0.5, 0.6) is 0 Å². The van der Waals surface area contributed by atoms with Gasteiger partial charge in [-0.2, -0.15) is 13.2 Å². The molecule has 2 fully saturated rings. The predicted octanol–water partition coefficient (Wildman–Crippen LogP) is 3.00. The van der Waals surface area contributed by atoms with E-state index in [2.05, 4.69) is 10.3 Å². The highest BCUT2D eigenvalue weighted by atomic mass is 32.1. The van der Waals surface area contributed by atoms with Crippen LogP contribution in [0.1, 0.15) is 42.8 Å². The number of aromatic nitrogens is 1. The van der Waals surface area contributed by atoms with Gasteiger partial charge < -0.3 is 15.3 Å². The van der Waals surface area contributed by atoms with Crippen molar-refractivity contribution in [3.8, 4) is 0 Å². The SMILES string of the molecule is O=C(NCc1nc(C(F)(F)F)cs1)N1CC[C@@]2(O)CCCC[C@@H]2C1. The minimum atomic E-state index is -4.46. The van der Waals surface area contributed by atoms with Crippen LogP contribution < -0.4 is 5.32 Å². The average molecular weight is 363 g/mol. The lowest BCUT2D eigenvalue weighted by Crippen LogP contribution is -2.56. The quantitative estimate of drug-likeness (QED) is 0.849. The van der Waals surface area contributed by atoms with Crippen LogP contribution in [0.2, 0.25) is 0 Å². The van der Waals surface area contributed by atoms with Crippen LogP contribution in [-0.4, -0.2) is 39.7 Å². The Morgan fingerprint density at radius 1 is 1.46 bits per heavy atom. The molecule has 1 aromatic rings. The van der Waals surface area contributed by atoms with E-state index < -0.39 is 17.5 Å². The number of hydrogen-bond acceptors (Lipinski definition) is 4. The number of halogens is 3. The lowest BCUT2D eigenvalue weighted by molar-refractivity contribution is -0.140. The molecule has 1 aromatic heterocycles. The van der Waals surface area contributed by atoms with Crippen molar-refractivity contribution in [1.82, 2.24) is 15.2 Å². The van der Waals surface area contributed by atoms with Crippen molar-refractivity contribution in [2.24, 2.45) is 5.92 Å². The highest BCUT2D eigenvalue weighted by Crippen LogP contribution is 2.39. The predicted molar refractivity (Wildman–Crippen MR) is 82.4 cm³/mol. The van der Waals surface area contributed by atoms with Crippen molar-refractivity contribution >= 4 is 17.4 Å². The molecule has 2 heterocycles. The fourth-order valence-corrected chi connectivity index (χ4v) is 4.28. The van der Waals surface area contributed by atoms with Crippen LogP contribution >= 0.6 is 11.3 Å². The fraction of sp³-hybridized carbons (Fsp3) is 0.733. The van der Waals surface area contributed by atoms with Crippen molar-refractivity contribution in [3.63, 3.8) is 0 Å². The summed E-state index contributed by atoms with van der Waals surface area (Å²) in [5.41, 5.74) is -1.59. The molecule has 9 heteroatoms. The Morgan fingerprint density at radius 2 is 2.25 bits per heavy atom. The molecule has 0 unspecified atom stereocenters. The molecule has 0 bridgehead atoms. The first-order valence-corrected chi connectivity index (χ1v) is 8.93. The third-order valence-corrected chi connectivity index (χ3v) is 5.80. The van der Waals surface area contributed by atoms with Crippen molar-refractivity contribution in [1.29, 1.82) is 0 Å². The number of fused-ring (bicyclic) bond motifs is 1. The molecule has 1 aliphatic carbocycles. The number of rotatable bonds is 2. The zero-order valence-electron chi connectivity index (χ0n) is 13.1. The maximum atomic E-state index is 12.5. The first kappa shape index (κ1) is 17.5. The van der Waals surface area contributed by atoms with Gasteiger partial charge in [-0.15, -0.1) is 11.3 Å². The largest absolute Gasteiger partial charge is 0.434 e. The number of hydrogen-bond donors (Lipinski definition) is 2. The van der Waals surface area contributed by atoms with E-state index in [-0.39, 0.29) is 23.5 Å². The van der Waals surface area contributed by atoms with Crippen molar-refractivity contribution < 1.29 is 23.1 Å². The molecule has 5 nitrogen and oxygen atoms in total. The molecule has 2 atom stereocenters. The summed E-state index contributed by atoms with van der Waals surface area (Å²) in [5.74, 6) is 0.0856. The summed E-state index contributed by atoms with van der Waals surface area (Å²) in [7, 11) is 0. The topological polar surface area (TPSA) is 65.5 Å². The number of urea groups is 1. The summed E-state index contributed by atoms with van der Waals surface area (Å²) < 4.78 is 37.5. The summed E-state index contributed by atoms with van der Waals surface area (Å²) in [4.78, 5) is 17.4. The van der Waals surface area contributed by atoms with Gasteiger partial charge >= 0.3 is 12.2 Å². The van der Waals surface area contributed by atoms with Crippen LogP contribution in [0.3, 0.4) is 0 Å². The molecule has 0 radical (unpaired) electrons. The van der Waals surface area contributed by atoms with Gasteiger partial charge in [0, 0.05) is 24.4 Å². The molecule has 1 saturated carbocycles. The number of thiazole rings is 1. The van der Waals surface area contributed by atoms with Crippen molar-refractivity contribution in [3.05, 3.63) is 16.1 Å². The molecule has 2 amide bonds. The lowest BCUT2D eigenvalue weighted by Gasteiger charge is -2.47. The summed E-state index contributed by atoms with van der Waals surface area (Å²) >= 11 is 0.878. The normalized spacial score (nSPS) is 27.7. The number of amides is 2. The van der Waals surface area contributed by atoms with E-state index in [0.717, 1.165) is 42.4 Å². The first-order valence-electron chi connectivity index (χ1n) is 8.05. The number of nitrogens with zero attached hydrogens (tertiary/aromatic N) is 2. The molecule has 0 aromatic carbocycles. The molecule has 2 aliphatic rings. The van der Waals surface area contributed by atoms with Crippen LogP contribution in [0.15, 0.2) is 5.38 Å². The third-order valence-electron chi connectivity index (χ3n) is 4.95. The van der Waals surface area contributed by atoms with E-state index in [0.29, 0.717) is 19.5 Å². The number of nitrogens with one attached hydrogen (secondary N) is 1. The van der Waals surface area contributed by atoms with Gasteiger partial charge in [0.15, 0.2) is 5.69 Å². The zero-order valence-corrected chi connectivity index (χ0v) is 13.9. The second kappa shape index (κ2) is 6.51. The second-order valence-corrected chi connectivity index (χ2v) is 7.47. The second-order valence-electron chi connectivity index (χ2n) is 6.53. The number of carbonyl (C=O) groups is 1. The highest BCUT2D eigenvalue weighted by Gasteiger charge is 2.43. The minimum absolute atomic E-state index is 0.0228. The number of alkyl halides is 3. The van der Waals surface area contributed by atoms with E-state index >= 15 is 0 Å². The maximum Gasteiger partial charge on any atom is 0.434 e. The molecule has 1 aliphatic heterocycles. The molecule has 3 rings (SSSR count). The monoisotopic (exact) mass is 363 g/mol. The minimum Gasteiger partial charge on any atom is -0.389 e. The Morgan fingerprint density at radius 3 is 2.96 bits per heavy atom. The average Bonchev–Trinajstić information content (AvgIpc) is 3.01. The highest BCUT2D eigenvalue weighted by molar-refractivity contribution is 7.09. The summed E-state index contributed by atoms with van der Waals surface area (Å²) in [5, 5.41) is 14.4. The standard InChI is InChI=1S/C15H20F3N3O2S/c16-15(17,18)11-9-24-12(20-11)7-19-13(22)21-6-5-14(23)4-2-1-3-10(14)8-21/h9-10,23H,1-8H2,(H,19,22)/t10-,14+/m1/s1. The summed E-state index contributed by atoms with van der Waals surface area (Å²) in [6, 6.07) is -0.314. The number of aliphatic hydroxyl groups is 1. The van der Waals surface area contributed by atoms with Gasteiger partial charge in [-0.25, -0.2) is 9.78 Å². The molecule has 1 saturated heterocycles. The Balaban J connectivity index is 1.53. The van der Waals surface area contributed by atoms with Gasteiger partial charge in [0.25, 0.3) is 0 Å². The zero-order chi connectivity index (χ0) is 17.4. The first-order chi connectivity index (χ1) is 11.3. The Bertz CT molecular complexity index is 607.